The van der Waals surface area contributed by atoms with Crippen LogP contribution in [0.1, 0.15) is 19.4 Å². The molecular formula is C15H23N4O3PS. The van der Waals surface area contributed by atoms with E-state index < -0.39 is 27.9 Å². The third kappa shape index (κ3) is 3.41. The van der Waals surface area contributed by atoms with Crippen LogP contribution in [0.5, 0.6) is 0 Å². The van der Waals surface area contributed by atoms with Gasteiger partial charge in [-0.3, -0.25) is 5.73 Å². The van der Waals surface area contributed by atoms with Gasteiger partial charge in [-0.25, -0.2) is 13.4 Å². The molecule has 1 heterocycles. The summed E-state index contributed by atoms with van der Waals surface area (Å²) in [7, 11) is -6.30. The van der Waals surface area contributed by atoms with Crippen LogP contribution in [0.2, 0.25) is 0 Å². The number of rotatable bonds is 4. The van der Waals surface area contributed by atoms with E-state index in [0.717, 1.165) is 0 Å². The molecule has 132 valence electrons. The summed E-state index contributed by atoms with van der Waals surface area (Å²) >= 11 is 0. The van der Waals surface area contributed by atoms with E-state index in [2.05, 4.69) is 10.3 Å². The minimum absolute atomic E-state index is 0.0320. The predicted octanol–water partition coefficient (Wildman–Crippen LogP) is 0.660. The number of benzene rings is 1. The van der Waals surface area contributed by atoms with Gasteiger partial charge in [0, 0.05) is 17.1 Å². The molecule has 0 aliphatic carbocycles. The van der Waals surface area contributed by atoms with E-state index in [1.165, 1.54) is 18.3 Å². The Hall–Kier alpha value is -1.63. The fourth-order valence-electron chi connectivity index (χ4n) is 2.34. The van der Waals surface area contributed by atoms with E-state index in [4.69, 9.17) is 11.5 Å². The Morgan fingerprint density at radius 1 is 1.29 bits per heavy atom. The van der Waals surface area contributed by atoms with Gasteiger partial charge in [0.1, 0.15) is 7.14 Å². The number of nitrogens with one attached hydrogen (secondary N) is 1. The highest BCUT2D eigenvalue weighted by Gasteiger charge is 2.35. The average Bonchev–Trinajstić information content (AvgIpc) is 2.45. The molecule has 0 radical (unpaired) electrons. The van der Waals surface area contributed by atoms with Gasteiger partial charge in [0.15, 0.2) is 21.5 Å². The summed E-state index contributed by atoms with van der Waals surface area (Å²) in [5.41, 5.74) is 10.9. The summed E-state index contributed by atoms with van der Waals surface area (Å²) in [6.45, 7) is 6.35. The molecule has 1 atom stereocenters. The molecule has 7 nitrogen and oxygen atoms in total. The number of aliphatic imine (C=N–C) groups is 1. The maximum Gasteiger partial charge on any atom is 0.195 e. The van der Waals surface area contributed by atoms with Crippen molar-refractivity contribution in [1.82, 2.24) is 5.32 Å². The second-order valence-corrected chi connectivity index (χ2v) is 12.1. The summed E-state index contributed by atoms with van der Waals surface area (Å²) in [5, 5.41) is 2.52. The van der Waals surface area contributed by atoms with Gasteiger partial charge in [-0.15, -0.1) is 0 Å². The molecule has 0 spiro atoms. The molecular weight excluding hydrogens is 347 g/mol. The molecule has 0 fully saturated rings. The van der Waals surface area contributed by atoms with Crippen molar-refractivity contribution in [2.75, 3.05) is 13.3 Å². The maximum atomic E-state index is 12.8. The third-order valence-electron chi connectivity index (χ3n) is 3.82. The monoisotopic (exact) mass is 370 g/mol. The number of sulfone groups is 1. The minimum Gasteiger partial charge on any atom is -0.370 e. The predicted molar refractivity (Wildman–Crippen MR) is 97.6 cm³/mol. The molecule has 0 saturated heterocycles. The van der Waals surface area contributed by atoms with Crippen LogP contribution in [0.15, 0.2) is 40.4 Å². The van der Waals surface area contributed by atoms with Crippen molar-refractivity contribution >= 4 is 28.2 Å². The maximum absolute atomic E-state index is 12.8. The largest absolute Gasteiger partial charge is 0.370 e. The number of nitrogens with two attached hydrogens (primary N) is 2. The normalized spacial score (nSPS) is 21.5. The molecule has 9 heteroatoms. The summed E-state index contributed by atoms with van der Waals surface area (Å²) in [4.78, 5) is 4.18. The topological polar surface area (TPSA) is 128 Å². The molecule has 1 aliphatic rings. The molecule has 0 amide bonds. The van der Waals surface area contributed by atoms with Crippen LogP contribution in [-0.4, -0.2) is 33.0 Å². The standard InChI is InChI=1S/C15H23N4O3PS/c1-10(2)24(21,22)13-9-11(23(3,4)20)5-6-12(13)15(17)7-8-18-14(16)19-15/h5-10H,17H2,1-4H3,(H3,16,18,19). The Balaban J connectivity index is 2.80. The molecule has 0 bridgehead atoms. The molecule has 0 aromatic heterocycles. The average molecular weight is 370 g/mol. The van der Waals surface area contributed by atoms with Gasteiger partial charge in [0.05, 0.1) is 10.1 Å². The highest BCUT2D eigenvalue weighted by atomic mass is 32.2. The van der Waals surface area contributed by atoms with Crippen LogP contribution in [0.3, 0.4) is 0 Å². The lowest BCUT2D eigenvalue weighted by atomic mass is 10.00. The number of hydrogen-bond donors (Lipinski definition) is 3. The first kappa shape index (κ1) is 18.7. The number of nitrogens with zero attached hydrogens (tertiary/aromatic N) is 1. The fraction of sp³-hybridized carbons (Fsp3) is 0.400. The zero-order valence-electron chi connectivity index (χ0n) is 14.1. The lowest BCUT2D eigenvalue weighted by molar-refractivity contribution is 0.553. The third-order valence-corrected chi connectivity index (χ3v) is 7.53. The Morgan fingerprint density at radius 3 is 2.42 bits per heavy atom. The van der Waals surface area contributed by atoms with Gasteiger partial charge < -0.3 is 15.6 Å². The van der Waals surface area contributed by atoms with Crippen molar-refractivity contribution in [2.45, 2.75) is 29.7 Å². The van der Waals surface area contributed by atoms with E-state index in [1.54, 1.807) is 39.3 Å². The van der Waals surface area contributed by atoms with Gasteiger partial charge >= 0.3 is 0 Å². The van der Waals surface area contributed by atoms with Crippen LogP contribution in [0.25, 0.3) is 0 Å². The van der Waals surface area contributed by atoms with Crippen LogP contribution in [-0.2, 0) is 20.1 Å². The summed E-state index contributed by atoms with van der Waals surface area (Å²) < 4.78 is 38.1. The van der Waals surface area contributed by atoms with Crippen LogP contribution in [0.4, 0.5) is 0 Å². The van der Waals surface area contributed by atoms with Crippen molar-refractivity contribution in [1.29, 1.82) is 0 Å². The Kier molecular flexibility index (Phi) is 4.69. The first-order valence-electron chi connectivity index (χ1n) is 7.40. The Bertz CT molecular complexity index is 871. The van der Waals surface area contributed by atoms with Crippen LogP contribution >= 0.6 is 7.14 Å². The minimum atomic E-state index is -3.66. The van der Waals surface area contributed by atoms with Crippen LogP contribution < -0.4 is 22.1 Å². The molecule has 1 aliphatic heterocycles. The van der Waals surface area contributed by atoms with E-state index >= 15 is 0 Å². The highest BCUT2D eigenvalue weighted by molar-refractivity contribution is 7.92. The van der Waals surface area contributed by atoms with Gasteiger partial charge in [-0.05, 0) is 39.3 Å². The van der Waals surface area contributed by atoms with Crippen molar-refractivity contribution in [3.8, 4) is 0 Å². The zero-order valence-corrected chi connectivity index (χ0v) is 15.9. The van der Waals surface area contributed by atoms with Crippen molar-refractivity contribution < 1.29 is 13.0 Å². The smallest absolute Gasteiger partial charge is 0.195 e. The second kappa shape index (κ2) is 6.02. The fourth-order valence-corrected chi connectivity index (χ4v) is 4.64. The van der Waals surface area contributed by atoms with Gasteiger partial charge in [-0.2, -0.15) is 0 Å². The summed E-state index contributed by atoms with van der Waals surface area (Å²) in [6.07, 6.45) is 3.06. The van der Waals surface area contributed by atoms with E-state index in [1.807, 2.05) is 0 Å². The molecule has 2 rings (SSSR count). The Morgan fingerprint density at radius 2 is 1.92 bits per heavy atom. The molecule has 0 saturated carbocycles. The number of guanidine groups is 1. The van der Waals surface area contributed by atoms with E-state index in [-0.39, 0.29) is 10.9 Å². The first-order chi connectivity index (χ1) is 10.9. The van der Waals surface area contributed by atoms with Crippen molar-refractivity contribution in [3.63, 3.8) is 0 Å². The highest BCUT2D eigenvalue weighted by Crippen LogP contribution is 2.38. The molecule has 1 unspecified atom stereocenters. The molecule has 5 N–H and O–H groups in total. The van der Waals surface area contributed by atoms with Crippen molar-refractivity contribution in [3.05, 3.63) is 36.0 Å². The van der Waals surface area contributed by atoms with Gasteiger partial charge in [0.25, 0.3) is 0 Å². The van der Waals surface area contributed by atoms with E-state index in [0.29, 0.717) is 10.9 Å². The van der Waals surface area contributed by atoms with Crippen LogP contribution in [0, 0.1) is 0 Å². The summed E-state index contributed by atoms with van der Waals surface area (Å²) in [6, 6.07) is 4.64. The molecule has 1 aromatic carbocycles. The number of hydrogen-bond acceptors (Lipinski definition) is 7. The lowest BCUT2D eigenvalue weighted by Crippen LogP contribution is -2.43. The second-order valence-electron chi connectivity index (χ2n) is 6.43. The SMILES string of the molecule is CC(C)S(=O)(=O)c1cc(P(C)(C)=O)ccc1C1(N)C=CNC(N)=N1. The molecule has 1 aromatic rings. The quantitative estimate of drug-likeness (QED) is 0.668. The Labute approximate surface area is 142 Å². The lowest BCUT2D eigenvalue weighted by Gasteiger charge is -2.28. The van der Waals surface area contributed by atoms with E-state index in [9.17, 15) is 13.0 Å². The summed E-state index contributed by atoms with van der Waals surface area (Å²) in [5.74, 6) is 0.0913. The van der Waals surface area contributed by atoms with Gasteiger partial charge in [0.2, 0.25) is 0 Å². The first-order valence-corrected chi connectivity index (χ1v) is 11.5. The van der Waals surface area contributed by atoms with Crippen molar-refractivity contribution in [2.24, 2.45) is 16.5 Å². The van der Waals surface area contributed by atoms with Gasteiger partial charge in [-0.1, -0.05) is 12.1 Å². The zero-order chi connectivity index (χ0) is 18.3. The molecule has 24 heavy (non-hydrogen) atoms.